The summed E-state index contributed by atoms with van der Waals surface area (Å²) in [5.41, 5.74) is 7.21. The van der Waals surface area contributed by atoms with Crippen molar-refractivity contribution >= 4 is 11.6 Å². The van der Waals surface area contributed by atoms with E-state index in [-0.39, 0.29) is 5.54 Å². The minimum absolute atomic E-state index is 0.233. The van der Waals surface area contributed by atoms with E-state index in [9.17, 15) is 0 Å². The van der Waals surface area contributed by atoms with Gasteiger partial charge in [0, 0.05) is 10.6 Å². The smallest absolute Gasteiger partial charge is 0.0456 e. The second kappa shape index (κ2) is 3.89. The van der Waals surface area contributed by atoms with Gasteiger partial charge in [-0.2, -0.15) is 0 Å². The van der Waals surface area contributed by atoms with Crippen LogP contribution in [-0.2, 0) is 5.54 Å². The van der Waals surface area contributed by atoms with E-state index in [1.807, 2.05) is 24.3 Å². The highest BCUT2D eigenvalue weighted by Gasteiger charge is 2.30. The van der Waals surface area contributed by atoms with E-state index >= 15 is 0 Å². The molecule has 1 saturated heterocycles. The molecule has 0 bridgehead atoms. The van der Waals surface area contributed by atoms with E-state index in [0.717, 1.165) is 36.5 Å². The number of halogens is 1. The van der Waals surface area contributed by atoms with Gasteiger partial charge in [0.15, 0.2) is 0 Å². The molecule has 1 aliphatic heterocycles. The van der Waals surface area contributed by atoms with E-state index < -0.39 is 0 Å². The third-order valence-electron chi connectivity index (χ3n) is 2.91. The fourth-order valence-corrected chi connectivity index (χ4v) is 2.33. The summed E-state index contributed by atoms with van der Waals surface area (Å²) in [6.07, 6.45) is 1.91. The van der Waals surface area contributed by atoms with Crippen LogP contribution >= 0.6 is 11.6 Å². The lowest BCUT2D eigenvalue weighted by molar-refractivity contribution is 0.317. The molecular weight excluding hydrogens is 196 g/mol. The molecule has 0 atom stereocenters. The van der Waals surface area contributed by atoms with Crippen molar-refractivity contribution in [3.05, 3.63) is 34.9 Å². The normalized spacial score (nSPS) is 20.7. The van der Waals surface area contributed by atoms with Crippen molar-refractivity contribution in [3.63, 3.8) is 0 Å². The molecule has 2 rings (SSSR count). The van der Waals surface area contributed by atoms with Crippen LogP contribution in [0.3, 0.4) is 0 Å². The molecule has 3 N–H and O–H groups in total. The molecule has 1 aromatic carbocycles. The molecule has 0 saturated carbocycles. The van der Waals surface area contributed by atoms with Crippen molar-refractivity contribution in [2.75, 3.05) is 13.1 Å². The van der Waals surface area contributed by atoms with Gasteiger partial charge in [0.1, 0.15) is 0 Å². The molecule has 0 unspecified atom stereocenters. The Bertz CT molecular complexity index is 319. The average molecular weight is 211 g/mol. The van der Waals surface area contributed by atoms with E-state index in [1.165, 1.54) is 0 Å². The Labute approximate surface area is 89.4 Å². The van der Waals surface area contributed by atoms with Crippen molar-refractivity contribution in [1.82, 2.24) is 5.32 Å². The first kappa shape index (κ1) is 9.97. The van der Waals surface area contributed by atoms with Crippen LogP contribution in [0.1, 0.15) is 18.4 Å². The Morgan fingerprint density at radius 3 is 2.50 bits per heavy atom. The van der Waals surface area contributed by atoms with Crippen LogP contribution < -0.4 is 11.1 Å². The van der Waals surface area contributed by atoms with Gasteiger partial charge in [0.2, 0.25) is 0 Å². The van der Waals surface area contributed by atoms with Gasteiger partial charge in [-0.25, -0.2) is 0 Å². The standard InChI is InChI=1S/C11H15ClN2/c12-10-4-2-1-3-9(10)11(13)5-7-14-8-6-11/h1-4,14H,5-8,13H2. The molecule has 1 heterocycles. The quantitative estimate of drug-likeness (QED) is 0.743. The van der Waals surface area contributed by atoms with Gasteiger partial charge in [-0.05, 0) is 37.6 Å². The third kappa shape index (κ3) is 1.78. The highest BCUT2D eigenvalue weighted by atomic mass is 35.5. The fourth-order valence-electron chi connectivity index (χ4n) is 2.01. The monoisotopic (exact) mass is 210 g/mol. The number of nitrogens with one attached hydrogen (secondary N) is 1. The second-order valence-corrected chi connectivity index (χ2v) is 4.29. The summed E-state index contributed by atoms with van der Waals surface area (Å²) < 4.78 is 0. The first-order valence-corrected chi connectivity index (χ1v) is 5.35. The number of hydrogen-bond donors (Lipinski definition) is 2. The number of rotatable bonds is 1. The molecule has 1 aliphatic rings. The Morgan fingerprint density at radius 2 is 1.86 bits per heavy atom. The Morgan fingerprint density at radius 1 is 1.21 bits per heavy atom. The van der Waals surface area contributed by atoms with Gasteiger partial charge >= 0.3 is 0 Å². The summed E-state index contributed by atoms with van der Waals surface area (Å²) >= 11 is 6.15. The number of nitrogens with two attached hydrogens (primary N) is 1. The molecule has 1 fully saturated rings. The zero-order valence-electron chi connectivity index (χ0n) is 8.09. The lowest BCUT2D eigenvalue weighted by Crippen LogP contribution is -2.46. The van der Waals surface area contributed by atoms with Gasteiger partial charge in [-0.15, -0.1) is 0 Å². The molecule has 3 heteroatoms. The first-order valence-electron chi connectivity index (χ1n) is 4.97. The zero-order chi connectivity index (χ0) is 10.0. The lowest BCUT2D eigenvalue weighted by Gasteiger charge is -2.34. The molecule has 76 valence electrons. The van der Waals surface area contributed by atoms with E-state index in [0.29, 0.717) is 0 Å². The summed E-state index contributed by atoms with van der Waals surface area (Å²) in [4.78, 5) is 0. The van der Waals surface area contributed by atoms with Crippen LogP contribution in [-0.4, -0.2) is 13.1 Å². The first-order chi connectivity index (χ1) is 6.72. The Hall–Kier alpha value is -0.570. The van der Waals surface area contributed by atoms with Gasteiger partial charge in [0.05, 0.1) is 0 Å². The maximum absolute atomic E-state index is 6.36. The maximum atomic E-state index is 6.36. The average Bonchev–Trinajstić information content (AvgIpc) is 2.19. The molecule has 2 nitrogen and oxygen atoms in total. The summed E-state index contributed by atoms with van der Waals surface area (Å²) in [6.45, 7) is 1.95. The molecule has 1 aromatic rings. The molecular formula is C11H15ClN2. The van der Waals surface area contributed by atoms with Crippen LogP contribution in [0.2, 0.25) is 5.02 Å². The highest BCUT2D eigenvalue weighted by molar-refractivity contribution is 6.31. The Balaban J connectivity index is 2.32. The van der Waals surface area contributed by atoms with Crippen molar-refractivity contribution in [3.8, 4) is 0 Å². The van der Waals surface area contributed by atoms with E-state index in [4.69, 9.17) is 17.3 Å². The third-order valence-corrected chi connectivity index (χ3v) is 3.24. The Kier molecular flexibility index (Phi) is 2.77. The highest BCUT2D eigenvalue weighted by Crippen LogP contribution is 2.32. The number of piperidine rings is 1. The second-order valence-electron chi connectivity index (χ2n) is 3.89. The molecule has 0 aliphatic carbocycles. The number of hydrogen-bond acceptors (Lipinski definition) is 2. The van der Waals surface area contributed by atoms with Crippen LogP contribution in [0.4, 0.5) is 0 Å². The summed E-state index contributed by atoms with van der Waals surface area (Å²) in [7, 11) is 0. The van der Waals surface area contributed by atoms with Gasteiger partial charge in [0.25, 0.3) is 0 Å². The van der Waals surface area contributed by atoms with Crippen LogP contribution in [0.25, 0.3) is 0 Å². The van der Waals surface area contributed by atoms with Crippen LogP contribution in [0.5, 0.6) is 0 Å². The van der Waals surface area contributed by atoms with Crippen LogP contribution in [0.15, 0.2) is 24.3 Å². The van der Waals surface area contributed by atoms with Crippen molar-refractivity contribution < 1.29 is 0 Å². The summed E-state index contributed by atoms with van der Waals surface area (Å²) in [6, 6.07) is 7.88. The van der Waals surface area contributed by atoms with E-state index in [1.54, 1.807) is 0 Å². The lowest BCUT2D eigenvalue weighted by atomic mass is 9.82. The van der Waals surface area contributed by atoms with Gasteiger partial charge < -0.3 is 11.1 Å². The van der Waals surface area contributed by atoms with Crippen LogP contribution in [0, 0.1) is 0 Å². The SMILES string of the molecule is NC1(c2ccccc2Cl)CCNCC1. The fraction of sp³-hybridized carbons (Fsp3) is 0.455. The van der Waals surface area contributed by atoms with Gasteiger partial charge in [-0.1, -0.05) is 29.8 Å². The molecule has 0 amide bonds. The minimum atomic E-state index is -0.233. The van der Waals surface area contributed by atoms with Gasteiger partial charge in [-0.3, -0.25) is 0 Å². The predicted octanol–water partition coefficient (Wildman–Crippen LogP) is 1.88. The number of benzene rings is 1. The largest absolute Gasteiger partial charge is 0.321 e. The molecule has 0 aromatic heterocycles. The van der Waals surface area contributed by atoms with Crippen molar-refractivity contribution in [2.24, 2.45) is 5.73 Å². The van der Waals surface area contributed by atoms with E-state index in [2.05, 4.69) is 5.32 Å². The molecule has 0 spiro atoms. The molecule has 0 radical (unpaired) electrons. The maximum Gasteiger partial charge on any atom is 0.0456 e. The zero-order valence-corrected chi connectivity index (χ0v) is 8.85. The predicted molar refractivity (Wildman–Crippen MR) is 59.4 cm³/mol. The van der Waals surface area contributed by atoms with Crippen molar-refractivity contribution in [1.29, 1.82) is 0 Å². The topological polar surface area (TPSA) is 38.0 Å². The summed E-state index contributed by atoms with van der Waals surface area (Å²) in [5.74, 6) is 0. The summed E-state index contributed by atoms with van der Waals surface area (Å²) in [5, 5.41) is 4.09. The molecule has 14 heavy (non-hydrogen) atoms. The minimum Gasteiger partial charge on any atom is -0.321 e. The van der Waals surface area contributed by atoms with Crippen molar-refractivity contribution in [2.45, 2.75) is 18.4 Å².